The van der Waals surface area contributed by atoms with E-state index in [-0.39, 0.29) is 11.9 Å². The zero-order valence-corrected chi connectivity index (χ0v) is 12.1. The maximum atomic E-state index is 11.8. The molecule has 0 fully saturated rings. The van der Waals surface area contributed by atoms with Gasteiger partial charge in [0.05, 0.1) is 18.1 Å². The van der Waals surface area contributed by atoms with Crippen LogP contribution in [0.5, 0.6) is 0 Å². The summed E-state index contributed by atoms with van der Waals surface area (Å²) in [4.78, 5) is 28.1. The van der Waals surface area contributed by atoms with Crippen molar-refractivity contribution < 1.29 is 18.7 Å². The van der Waals surface area contributed by atoms with Gasteiger partial charge in [-0.2, -0.15) is 0 Å². The van der Waals surface area contributed by atoms with Gasteiger partial charge < -0.3 is 9.15 Å². The molecule has 0 aliphatic carbocycles. The molecule has 0 aromatic carbocycles. The molecule has 1 amide bonds. The van der Waals surface area contributed by atoms with Crippen molar-refractivity contribution >= 4 is 28.3 Å². The second kappa shape index (κ2) is 5.87. The predicted molar refractivity (Wildman–Crippen MR) is 74.1 cm³/mol. The number of hydrogen-bond donors (Lipinski definition) is 1. The number of aromatic nitrogens is 1. The number of nitrogens with zero attached hydrogens (tertiary/aromatic N) is 1. The van der Waals surface area contributed by atoms with Gasteiger partial charge in [0.1, 0.15) is 4.88 Å². The highest BCUT2D eigenvalue weighted by Gasteiger charge is 2.19. The number of ether oxygens (including phenoxy) is 1. The number of hydrogen-bond acceptors (Lipinski definition) is 6. The maximum absolute atomic E-state index is 11.8. The van der Waals surface area contributed by atoms with E-state index >= 15 is 0 Å². The van der Waals surface area contributed by atoms with E-state index < -0.39 is 11.9 Å². The third-order valence-electron chi connectivity index (χ3n) is 2.29. The molecule has 0 atom stereocenters. The van der Waals surface area contributed by atoms with Gasteiger partial charge in [-0.3, -0.25) is 10.1 Å². The lowest BCUT2D eigenvalue weighted by Gasteiger charge is -2.05. The zero-order chi connectivity index (χ0) is 14.7. The molecule has 1 N–H and O–H groups in total. The van der Waals surface area contributed by atoms with Gasteiger partial charge in [0, 0.05) is 0 Å². The van der Waals surface area contributed by atoms with Crippen LogP contribution in [-0.4, -0.2) is 23.0 Å². The fourth-order valence-corrected chi connectivity index (χ4v) is 2.32. The molecule has 2 aromatic rings. The summed E-state index contributed by atoms with van der Waals surface area (Å²) >= 11 is 1.08. The molecule has 2 heterocycles. The molecule has 0 aliphatic heterocycles. The van der Waals surface area contributed by atoms with Crippen molar-refractivity contribution in [2.75, 3.05) is 5.32 Å². The first-order valence-electron chi connectivity index (χ1n) is 6.00. The minimum Gasteiger partial charge on any atom is -0.459 e. The quantitative estimate of drug-likeness (QED) is 0.877. The van der Waals surface area contributed by atoms with Gasteiger partial charge >= 0.3 is 5.97 Å². The topological polar surface area (TPSA) is 81.4 Å². The predicted octanol–water partition coefficient (Wildman–Crippen LogP) is 2.86. The van der Waals surface area contributed by atoms with E-state index in [0.717, 1.165) is 11.3 Å². The molecule has 0 unspecified atom stereocenters. The Balaban J connectivity index is 2.11. The fraction of sp³-hybridized carbons (Fsp3) is 0.308. The molecule has 7 heteroatoms. The fourth-order valence-electron chi connectivity index (χ4n) is 1.47. The van der Waals surface area contributed by atoms with Gasteiger partial charge in [0.25, 0.3) is 5.91 Å². The zero-order valence-electron chi connectivity index (χ0n) is 11.3. The van der Waals surface area contributed by atoms with Crippen LogP contribution in [0.4, 0.5) is 5.13 Å². The van der Waals surface area contributed by atoms with Crippen LogP contribution in [0.2, 0.25) is 0 Å². The van der Waals surface area contributed by atoms with E-state index in [0.29, 0.717) is 15.7 Å². The summed E-state index contributed by atoms with van der Waals surface area (Å²) in [5, 5.41) is 2.91. The Labute approximate surface area is 119 Å². The highest BCUT2D eigenvalue weighted by atomic mass is 32.1. The summed E-state index contributed by atoms with van der Waals surface area (Å²) in [5.41, 5.74) is 0.524. The number of rotatable bonds is 4. The van der Waals surface area contributed by atoms with Crippen molar-refractivity contribution in [3.05, 3.63) is 34.7 Å². The Bertz CT molecular complexity index is 616. The van der Waals surface area contributed by atoms with Crippen LogP contribution < -0.4 is 5.32 Å². The molecule has 2 rings (SSSR count). The van der Waals surface area contributed by atoms with Crippen molar-refractivity contribution in [2.45, 2.75) is 26.9 Å². The molecule has 0 saturated heterocycles. The SMILES string of the molecule is Cc1nc(NC(=O)c2ccco2)sc1C(=O)OC(C)C. The van der Waals surface area contributed by atoms with E-state index in [1.54, 1.807) is 32.9 Å². The molecule has 0 radical (unpaired) electrons. The highest BCUT2D eigenvalue weighted by Crippen LogP contribution is 2.24. The second-order valence-electron chi connectivity index (χ2n) is 4.32. The third kappa shape index (κ3) is 3.24. The summed E-state index contributed by atoms with van der Waals surface area (Å²) < 4.78 is 10.1. The molecule has 6 nitrogen and oxygen atoms in total. The molecule has 0 aliphatic rings. The van der Waals surface area contributed by atoms with E-state index in [9.17, 15) is 9.59 Å². The first-order chi connectivity index (χ1) is 9.47. The second-order valence-corrected chi connectivity index (χ2v) is 5.32. The van der Waals surface area contributed by atoms with Crippen molar-refractivity contribution in [1.29, 1.82) is 0 Å². The molecule has 2 aromatic heterocycles. The smallest absolute Gasteiger partial charge is 0.350 e. The normalized spacial score (nSPS) is 10.6. The molecule has 0 saturated carbocycles. The van der Waals surface area contributed by atoms with Crippen LogP contribution in [0, 0.1) is 6.92 Å². The van der Waals surface area contributed by atoms with Crippen molar-refractivity contribution in [2.24, 2.45) is 0 Å². The Morgan fingerprint density at radius 3 is 2.80 bits per heavy atom. The average Bonchev–Trinajstić information content (AvgIpc) is 2.97. The standard InChI is InChI=1S/C13H14N2O4S/c1-7(2)19-12(17)10-8(3)14-13(20-10)15-11(16)9-5-4-6-18-9/h4-7H,1-3H3,(H,14,15,16). The number of anilines is 1. The summed E-state index contributed by atoms with van der Waals surface area (Å²) in [5.74, 6) is -0.662. The number of aryl methyl sites for hydroxylation is 1. The molecule has 20 heavy (non-hydrogen) atoms. The van der Waals surface area contributed by atoms with Crippen LogP contribution in [0.1, 0.15) is 39.8 Å². The number of esters is 1. The number of carbonyl (C=O) groups excluding carboxylic acids is 2. The Kier molecular flexibility index (Phi) is 4.19. The van der Waals surface area contributed by atoms with E-state index in [1.807, 2.05) is 0 Å². The first kappa shape index (κ1) is 14.3. The van der Waals surface area contributed by atoms with Gasteiger partial charge in [-0.15, -0.1) is 0 Å². The maximum Gasteiger partial charge on any atom is 0.350 e. The third-order valence-corrected chi connectivity index (χ3v) is 3.34. The number of thiazole rings is 1. The number of amides is 1. The van der Waals surface area contributed by atoms with E-state index in [2.05, 4.69) is 10.3 Å². The monoisotopic (exact) mass is 294 g/mol. The Hall–Kier alpha value is -2.15. The minimum atomic E-state index is -0.437. The number of carbonyl (C=O) groups is 2. The van der Waals surface area contributed by atoms with Gasteiger partial charge in [-0.25, -0.2) is 9.78 Å². The van der Waals surface area contributed by atoms with Crippen LogP contribution in [0.3, 0.4) is 0 Å². The lowest BCUT2D eigenvalue weighted by Crippen LogP contribution is -2.11. The summed E-state index contributed by atoms with van der Waals surface area (Å²) in [6.45, 7) is 5.23. The minimum absolute atomic E-state index is 0.184. The lowest BCUT2D eigenvalue weighted by molar-refractivity contribution is 0.0382. The van der Waals surface area contributed by atoms with Crippen molar-refractivity contribution in [3.63, 3.8) is 0 Å². The summed E-state index contributed by atoms with van der Waals surface area (Å²) in [6.07, 6.45) is 1.21. The van der Waals surface area contributed by atoms with E-state index in [1.165, 1.54) is 6.26 Å². The van der Waals surface area contributed by atoms with Crippen molar-refractivity contribution in [1.82, 2.24) is 4.98 Å². The van der Waals surface area contributed by atoms with Gasteiger partial charge in [0.2, 0.25) is 0 Å². The average molecular weight is 294 g/mol. The highest BCUT2D eigenvalue weighted by molar-refractivity contribution is 7.17. The van der Waals surface area contributed by atoms with Crippen LogP contribution in [0.15, 0.2) is 22.8 Å². The van der Waals surface area contributed by atoms with Crippen LogP contribution in [0.25, 0.3) is 0 Å². The van der Waals surface area contributed by atoms with Crippen molar-refractivity contribution in [3.8, 4) is 0 Å². The lowest BCUT2D eigenvalue weighted by atomic mass is 10.4. The number of furan rings is 1. The number of nitrogens with one attached hydrogen (secondary N) is 1. The molecule has 0 spiro atoms. The summed E-state index contributed by atoms with van der Waals surface area (Å²) in [7, 11) is 0. The van der Waals surface area contributed by atoms with Gasteiger partial charge in [-0.05, 0) is 32.9 Å². The van der Waals surface area contributed by atoms with Crippen LogP contribution in [-0.2, 0) is 4.74 Å². The molecular formula is C13H14N2O4S. The first-order valence-corrected chi connectivity index (χ1v) is 6.82. The Morgan fingerprint density at radius 2 is 2.20 bits per heavy atom. The molecular weight excluding hydrogens is 280 g/mol. The van der Waals surface area contributed by atoms with Crippen LogP contribution >= 0.6 is 11.3 Å². The largest absolute Gasteiger partial charge is 0.459 e. The summed E-state index contributed by atoms with van der Waals surface area (Å²) in [6, 6.07) is 3.16. The molecule has 106 valence electrons. The Morgan fingerprint density at radius 1 is 1.45 bits per heavy atom. The van der Waals surface area contributed by atoms with E-state index in [4.69, 9.17) is 9.15 Å². The molecule has 0 bridgehead atoms. The van der Waals surface area contributed by atoms with Gasteiger partial charge in [0.15, 0.2) is 10.9 Å². The van der Waals surface area contributed by atoms with Gasteiger partial charge in [-0.1, -0.05) is 11.3 Å².